The van der Waals surface area contributed by atoms with E-state index in [1.807, 2.05) is 6.07 Å². The van der Waals surface area contributed by atoms with Gasteiger partial charge < -0.3 is 19.3 Å². The van der Waals surface area contributed by atoms with Gasteiger partial charge in [-0.1, -0.05) is 60.7 Å². The molecule has 5 heteroatoms. The first kappa shape index (κ1) is 18.2. The van der Waals surface area contributed by atoms with E-state index in [0.29, 0.717) is 13.2 Å². The SMILES string of the molecule is OCCOCCn1c2c(c3ccccc31)CCN(Cc1ccccc1)C2=S. The highest BCUT2D eigenvalue weighted by atomic mass is 32.1. The molecule has 0 fully saturated rings. The Hall–Kier alpha value is -2.21. The molecule has 0 unspecified atom stereocenters. The standard InChI is InChI=1S/C22H24N2O2S/c25-13-15-26-14-12-24-20-9-5-4-8-18(20)19-10-11-23(22(27)21(19)24)16-17-6-2-1-3-7-17/h1-9,25H,10-16H2. The molecule has 140 valence electrons. The molecule has 0 aliphatic carbocycles. The Morgan fingerprint density at radius 1 is 1.00 bits per heavy atom. The number of para-hydroxylation sites is 1. The van der Waals surface area contributed by atoms with Crippen molar-refractivity contribution < 1.29 is 9.84 Å². The maximum atomic E-state index is 8.94. The minimum Gasteiger partial charge on any atom is -0.394 e. The fourth-order valence-electron chi connectivity index (χ4n) is 3.88. The largest absolute Gasteiger partial charge is 0.394 e. The third-order valence-corrected chi connectivity index (χ3v) is 5.56. The summed E-state index contributed by atoms with van der Waals surface area (Å²) < 4.78 is 7.82. The lowest BCUT2D eigenvalue weighted by molar-refractivity contribution is 0.0874. The average molecular weight is 381 g/mol. The van der Waals surface area contributed by atoms with Crippen molar-refractivity contribution in [3.63, 3.8) is 0 Å². The molecule has 27 heavy (non-hydrogen) atoms. The van der Waals surface area contributed by atoms with Crippen LogP contribution in [0.15, 0.2) is 54.6 Å². The molecule has 2 heterocycles. The van der Waals surface area contributed by atoms with Crippen LogP contribution in [0.3, 0.4) is 0 Å². The van der Waals surface area contributed by atoms with E-state index < -0.39 is 0 Å². The Bertz CT molecular complexity index is 936. The molecule has 1 aromatic heterocycles. The van der Waals surface area contributed by atoms with Gasteiger partial charge in [0.1, 0.15) is 4.99 Å². The van der Waals surface area contributed by atoms with Crippen molar-refractivity contribution in [3.05, 3.63) is 71.4 Å². The lowest BCUT2D eigenvalue weighted by Gasteiger charge is -2.31. The Kier molecular flexibility index (Phi) is 5.53. The van der Waals surface area contributed by atoms with Crippen molar-refractivity contribution in [2.75, 3.05) is 26.4 Å². The van der Waals surface area contributed by atoms with Crippen molar-refractivity contribution in [1.82, 2.24) is 9.47 Å². The van der Waals surface area contributed by atoms with Crippen LogP contribution in [0.4, 0.5) is 0 Å². The van der Waals surface area contributed by atoms with Crippen LogP contribution in [0, 0.1) is 0 Å². The summed E-state index contributed by atoms with van der Waals surface area (Å²) in [7, 11) is 0. The fraction of sp³-hybridized carbons (Fsp3) is 0.318. The molecule has 0 saturated heterocycles. The molecule has 0 atom stereocenters. The van der Waals surface area contributed by atoms with Crippen molar-refractivity contribution in [3.8, 4) is 0 Å². The zero-order chi connectivity index (χ0) is 18.6. The quantitative estimate of drug-likeness (QED) is 0.504. The molecule has 1 aliphatic heterocycles. The smallest absolute Gasteiger partial charge is 0.126 e. The topological polar surface area (TPSA) is 37.6 Å². The summed E-state index contributed by atoms with van der Waals surface area (Å²) in [5, 5.41) is 10.2. The van der Waals surface area contributed by atoms with Gasteiger partial charge in [-0.15, -0.1) is 0 Å². The minimum atomic E-state index is 0.0494. The third-order valence-electron chi connectivity index (χ3n) is 5.11. The van der Waals surface area contributed by atoms with Gasteiger partial charge in [-0.05, 0) is 23.6 Å². The van der Waals surface area contributed by atoms with Gasteiger partial charge >= 0.3 is 0 Å². The molecule has 4 nitrogen and oxygen atoms in total. The predicted molar refractivity (Wildman–Crippen MR) is 112 cm³/mol. The highest BCUT2D eigenvalue weighted by Gasteiger charge is 2.27. The summed E-state index contributed by atoms with van der Waals surface area (Å²) >= 11 is 5.94. The number of hydrogen-bond donors (Lipinski definition) is 1. The zero-order valence-electron chi connectivity index (χ0n) is 15.3. The molecule has 0 amide bonds. The number of aliphatic hydroxyl groups excluding tert-OH is 1. The van der Waals surface area contributed by atoms with Gasteiger partial charge in [0.15, 0.2) is 0 Å². The maximum absolute atomic E-state index is 8.94. The molecule has 0 spiro atoms. The number of rotatable bonds is 7. The highest BCUT2D eigenvalue weighted by molar-refractivity contribution is 7.80. The second-order valence-electron chi connectivity index (χ2n) is 6.79. The van der Waals surface area contributed by atoms with Crippen LogP contribution in [0.1, 0.15) is 16.8 Å². The van der Waals surface area contributed by atoms with Gasteiger partial charge in [-0.3, -0.25) is 0 Å². The van der Waals surface area contributed by atoms with E-state index in [-0.39, 0.29) is 6.61 Å². The predicted octanol–water partition coefficient (Wildman–Crippen LogP) is 3.38. The van der Waals surface area contributed by atoms with Crippen LogP contribution in [-0.2, 0) is 24.2 Å². The van der Waals surface area contributed by atoms with Crippen molar-refractivity contribution >= 4 is 28.1 Å². The number of aliphatic hydroxyl groups is 1. The van der Waals surface area contributed by atoms with E-state index in [2.05, 4.69) is 58.0 Å². The second kappa shape index (κ2) is 8.21. The number of aromatic nitrogens is 1. The first-order chi connectivity index (χ1) is 13.3. The van der Waals surface area contributed by atoms with Crippen LogP contribution >= 0.6 is 12.2 Å². The van der Waals surface area contributed by atoms with Crippen LogP contribution in [0.5, 0.6) is 0 Å². The van der Waals surface area contributed by atoms with Crippen LogP contribution in [0.25, 0.3) is 10.9 Å². The zero-order valence-corrected chi connectivity index (χ0v) is 16.1. The van der Waals surface area contributed by atoms with Crippen LogP contribution in [-0.4, -0.2) is 45.9 Å². The molecule has 1 N–H and O–H groups in total. The Balaban J connectivity index is 1.66. The van der Waals surface area contributed by atoms with Gasteiger partial charge in [0, 0.05) is 30.5 Å². The summed E-state index contributed by atoms with van der Waals surface area (Å²) in [5.41, 5.74) is 4.99. The minimum absolute atomic E-state index is 0.0494. The molecule has 0 bridgehead atoms. The van der Waals surface area contributed by atoms with E-state index in [4.69, 9.17) is 22.1 Å². The average Bonchev–Trinajstić information content (AvgIpc) is 3.03. The lowest BCUT2D eigenvalue weighted by Crippen LogP contribution is -2.37. The Labute approximate surface area is 165 Å². The van der Waals surface area contributed by atoms with E-state index in [9.17, 15) is 0 Å². The number of fused-ring (bicyclic) bond motifs is 3. The number of benzene rings is 2. The van der Waals surface area contributed by atoms with E-state index >= 15 is 0 Å². The lowest BCUT2D eigenvalue weighted by atomic mass is 10.0. The molecule has 0 saturated carbocycles. The monoisotopic (exact) mass is 380 g/mol. The molecule has 3 aromatic rings. The molecule has 2 aromatic carbocycles. The van der Waals surface area contributed by atoms with Gasteiger partial charge in [-0.2, -0.15) is 0 Å². The number of hydrogen-bond acceptors (Lipinski definition) is 3. The van der Waals surface area contributed by atoms with E-state index in [1.165, 1.54) is 22.0 Å². The van der Waals surface area contributed by atoms with Gasteiger partial charge in [0.2, 0.25) is 0 Å². The molecular formula is C22H24N2O2S. The van der Waals surface area contributed by atoms with Crippen LogP contribution < -0.4 is 0 Å². The first-order valence-corrected chi connectivity index (χ1v) is 9.82. The molecule has 4 rings (SSSR count). The van der Waals surface area contributed by atoms with E-state index in [1.54, 1.807) is 0 Å². The number of nitrogens with zero attached hydrogens (tertiary/aromatic N) is 2. The van der Waals surface area contributed by atoms with Crippen molar-refractivity contribution in [1.29, 1.82) is 0 Å². The molecule has 0 radical (unpaired) electrons. The fourth-order valence-corrected chi connectivity index (χ4v) is 4.27. The maximum Gasteiger partial charge on any atom is 0.126 e. The summed E-state index contributed by atoms with van der Waals surface area (Å²) in [6.07, 6.45) is 0.993. The first-order valence-electron chi connectivity index (χ1n) is 9.41. The van der Waals surface area contributed by atoms with Gasteiger partial charge in [0.05, 0.1) is 25.5 Å². The molecular weight excluding hydrogens is 356 g/mol. The second-order valence-corrected chi connectivity index (χ2v) is 7.18. The van der Waals surface area contributed by atoms with Crippen LogP contribution in [0.2, 0.25) is 0 Å². The summed E-state index contributed by atoms with van der Waals surface area (Å²) in [6, 6.07) is 19.0. The normalized spacial score (nSPS) is 14.0. The van der Waals surface area contributed by atoms with Gasteiger partial charge in [-0.25, -0.2) is 0 Å². The Morgan fingerprint density at radius 2 is 1.78 bits per heavy atom. The third kappa shape index (κ3) is 3.63. The van der Waals surface area contributed by atoms with Gasteiger partial charge in [0.25, 0.3) is 0 Å². The Morgan fingerprint density at radius 3 is 2.59 bits per heavy atom. The van der Waals surface area contributed by atoms with Crippen molar-refractivity contribution in [2.24, 2.45) is 0 Å². The highest BCUT2D eigenvalue weighted by Crippen LogP contribution is 2.31. The van der Waals surface area contributed by atoms with E-state index in [0.717, 1.165) is 36.7 Å². The summed E-state index contributed by atoms with van der Waals surface area (Å²) in [6.45, 7) is 3.49. The summed E-state index contributed by atoms with van der Waals surface area (Å²) in [5.74, 6) is 0. The molecule has 1 aliphatic rings. The number of thiocarbonyl (C=S) groups is 1. The van der Waals surface area contributed by atoms with Crippen molar-refractivity contribution in [2.45, 2.75) is 19.5 Å². The summed E-state index contributed by atoms with van der Waals surface area (Å²) in [4.78, 5) is 3.22. The number of ether oxygens (including phenoxy) is 1.